The molecule has 2 aliphatic heterocycles. The van der Waals surface area contributed by atoms with Crippen molar-refractivity contribution in [1.29, 1.82) is 0 Å². The van der Waals surface area contributed by atoms with Crippen LogP contribution in [0.2, 0.25) is 0 Å². The Morgan fingerprint density at radius 3 is 2.68 bits per heavy atom. The largest absolute Gasteiger partial charge is 0.379 e. The normalized spacial score (nSPS) is 23.8. The van der Waals surface area contributed by atoms with Gasteiger partial charge in [-0.3, -0.25) is 4.79 Å². The number of aromatic nitrogens is 2. The zero-order chi connectivity index (χ0) is 19.4. The second-order valence-corrected chi connectivity index (χ2v) is 7.33. The summed E-state index contributed by atoms with van der Waals surface area (Å²) < 4.78 is 42.4. The summed E-state index contributed by atoms with van der Waals surface area (Å²) in [7, 11) is 0. The van der Waals surface area contributed by atoms with Gasteiger partial charge in [0.15, 0.2) is 0 Å². The summed E-state index contributed by atoms with van der Waals surface area (Å²) in [6.45, 7) is 0.825. The molecule has 0 aliphatic carbocycles. The van der Waals surface area contributed by atoms with Crippen molar-refractivity contribution in [3.05, 3.63) is 69.4 Å². The molecule has 1 saturated heterocycles. The Kier molecular flexibility index (Phi) is 3.90. The highest BCUT2D eigenvalue weighted by atomic mass is 19.1. The van der Waals surface area contributed by atoms with E-state index in [4.69, 9.17) is 0 Å². The van der Waals surface area contributed by atoms with Crippen LogP contribution in [0.1, 0.15) is 30.0 Å². The number of benzene rings is 2. The molecule has 3 unspecified atom stereocenters. The molecule has 0 radical (unpaired) electrons. The molecule has 144 valence electrons. The fourth-order valence-corrected chi connectivity index (χ4v) is 4.51. The Labute approximate surface area is 158 Å². The molecular formula is C20H17F3N4O. The van der Waals surface area contributed by atoms with Crippen LogP contribution in [0.5, 0.6) is 0 Å². The van der Waals surface area contributed by atoms with Gasteiger partial charge < -0.3 is 10.6 Å². The van der Waals surface area contributed by atoms with Crippen molar-refractivity contribution in [2.24, 2.45) is 0 Å². The van der Waals surface area contributed by atoms with Gasteiger partial charge in [0.1, 0.15) is 17.5 Å². The smallest absolute Gasteiger partial charge is 0.272 e. The lowest BCUT2D eigenvalue weighted by Crippen LogP contribution is -2.47. The third-order valence-corrected chi connectivity index (χ3v) is 5.69. The van der Waals surface area contributed by atoms with E-state index in [1.807, 2.05) is 0 Å². The van der Waals surface area contributed by atoms with Crippen LogP contribution in [0.25, 0.3) is 10.8 Å². The highest BCUT2D eigenvalue weighted by Gasteiger charge is 2.40. The predicted octanol–water partition coefficient (Wildman–Crippen LogP) is 3.02. The molecule has 0 bridgehead atoms. The summed E-state index contributed by atoms with van der Waals surface area (Å²) in [6.07, 6.45) is 1.82. The van der Waals surface area contributed by atoms with Gasteiger partial charge in [-0.05, 0) is 43.1 Å². The molecule has 5 rings (SSSR count). The summed E-state index contributed by atoms with van der Waals surface area (Å²) in [6, 6.07) is 5.60. The zero-order valence-electron chi connectivity index (χ0n) is 14.7. The third-order valence-electron chi connectivity index (χ3n) is 5.69. The topological polar surface area (TPSA) is 69.8 Å². The SMILES string of the molecule is O=c1[nH]nc2c3c(cc(F)cc13)NC(C1CCCN1)C2c1ccc(F)cc1F. The minimum Gasteiger partial charge on any atom is -0.379 e. The monoisotopic (exact) mass is 386 g/mol. The van der Waals surface area contributed by atoms with Gasteiger partial charge in [-0.15, -0.1) is 0 Å². The van der Waals surface area contributed by atoms with E-state index < -0.39 is 28.9 Å². The van der Waals surface area contributed by atoms with Crippen LogP contribution < -0.4 is 16.2 Å². The lowest BCUT2D eigenvalue weighted by Gasteiger charge is -2.38. The Morgan fingerprint density at radius 2 is 1.93 bits per heavy atom. The maximum Gasteiger partial charge on any atom is 0.272 e. The average molecular weight is 386 g/mol. The average Bonchev–Trinajstić information content (AvgIpc) is 3.19. The van der Waals surface area contributed by atoms with Gasteiger partial charge in [-0.1, -0.05) is 6.07 Å². The zero-order valence-corrected chi connectivity index (χ0v) is 14.7. The Morgan fingerprint density at radius 1 is 1.07 bits per heavy atom. The van der Waals surface area contributed by atoms with E-state index in [-0.39, 0.29) is 23.0 Å². The van der Waals surface area contributed by atoms with Gasteiger partial charge in [0.25, 0.3) is 5.56 Å². The summed E-state index contributed by atoms with van der Waals surface area (Å²) >= 11 is 0. The molecule has 2 aliphatic rings. The fraction of sp³-hybridized carbons (Fsp3) is 0.300. The summed E-state index contributed by atoms with van der Waals surface area (Å²) in [5.41, 5.74) is 0.675. The predicted molar refractivity (Wildman–Crippen MR) is 99.0 cm³/mol. The number of anilines is 1. The van der Waals surface area contributed by atoms with Crippen LogP contribution in [0, 0.1) is 17.5 Å². The first-order valence-corrected chi connectivity index (χ1v) is 9.19. The van der Waals surface area contributed by atoms with Gasteiger partial charge in [0, 0.05) is 23.2 Å². The molecule has 3 atom stereocenters. The standard InChI is InChI=1S/C20H17F3N4O/c21-9-3-4-11(13(23)7-9)17-18(14-2-1-5-24-14)25-15-8-10(22)6-12-16(15)19(17)26-27-20(12)28/h3-4,6-8,14,17-18,24-25H,1-2,5H2,(H,27,28). The second-order valence-electron chi connectivity index (χ2n) is 7.33. The molecule has 1 fully saturated rings. The lowest BCUT2D eigenvalue weighted by atomic mass is 9.79. The molecule has 1 aromatic heterocycles. The number of H-pyrrole nitrogens is 1. The lowest BCUT2D eigenvalue weighted by molar-refractivity contribution is 0.450. The summed E-state index contributed by atoms with van der Waals surface area (Å²) in [5.74, 6) is -2.46. The van der Waals surface area contributed by atoms with E-state index >= 15 is 0 Å². The number of aromatic amines is 1. The molecule has 3 N–H and O–H groups in total. The minimum atomic E-state index is -0.679. The van der Waals surface area contributed by atoms with Crippen LogP contribution in [-0.4, -0.2) is 28.8 Å². The Bertz CT molecular complexity index is 1140. The fourth-order valence-electron chi connectivity index (χ4n) is 4.51. The van der Waals surface area contributed by atoms with Gasteiger partial charge in [0.05, 0.1) is 23.0 Å². The number of halogens is 3. The first-order valence-electron chi connectivity index (χ1n) is 9.19. The van der Waals surface area contributed by atoms with Crippen molar-refractivity contribution in [2.75, 3.05) is 11.9 Å². The Balaban J connectivity index is 1.79. The van der Waals surface area contributed by atoms with Gasteiger partial charge in [-0.25, -0.2) is 18.3 Å². The summed E-state index contributed by atoms with van der Waals surface area (Å²) in [5, 5.41) is 13.9. The quantitative estimate of drug-likeness (QED) is 0.633. The van der Waals surface area contributed by atoms with E-state index in [2.05, 4.69) is 20.8 Å². The number of nitrogens with one attached hydrogen (secondary N) is 3. The molecule has 2 aromatic carbocycles. The highest BCUT2D eigenvalue weighted by molar-refractivity contribution is 5.97. The number of hydrogen-bond donors (Lipinski definition) is 3. The van der Waals surface area contributed by atoms with Gasteiger partial charge >= 0.3 is 0 Å². The van der Waals surface area contributed by atoms with E-state index in [0.29, 0.717) is 16.8 Å². The van der Waals surface area contributed by atoms with Crippen molar-refractivity contribution >= 4 is 16.5 Å². The van der Waals surface area contributed by atoms with Crippen LogP contribution >= 0.6 is 0 Å². The van der Waals surface area contributed by atoms with Crippen LogP contribution in [-0.2, 0) is 0 Å². The first-order chi connectivity index (χ1) is 13.5. The minimum absolute atomic E-state index is 0.00496. The maximum atomic E-state index is 14.7. The molecule has 8 heteroatoms. The van der Waals surface area contributed by atoms with Crippen molar-refractivity contribution in [3.63, 3.8) is 0 Å². The van der Waals surface area contributed by atoms with Gasteiger partial charge in [-0.2, -0.15) is 5.10 Å². The Hall–Kier alpha value is -2.87. The van der Waals surface area contributed by atoms with Crippen LogP contribution in [0.3, 0.4) is 0 Å². The van der Waals surface area contributed by atoms with E-state index in [1.54, 1.807) is 0 Å². The maximum absolute atomic E-state index is 14.7. The molecular weight excluding hydrogens is 369 g/mol. The van der Waals surface area contributed by atoms with Crippen molar-refractivity contribution in [1.82, 2.24) is 15.5 Å². The number of rotatable bonds is 2. The molecule has 3 heterocycles. The third kappa shape index (κ3) is 2.59. The van der Waals surface area contributed by atoms with Crippen LogP contribution in [0.15, 0.2) is 35.1 Å². The van der Waals surface area contributed by atoms with E-state index in [1.165, 1.54) is 18.2 Å². The highest BCUT2D eigenvalue weighted by Crippen LogP contribution is 2.43. The second kappa shape index (κ2) is 6.34. The van der Waals surface area contributed by atoms with Crippen molar-refractivity contribution in [3.8, 4) is 0 Å². The molecule has 0 amide bonds. The number of hydrogen-bond acceptors (Lipinski definition) is 4. The number of nitrogens with zero attached hydrogens (tertiary/aromatic N) is 1. The first kappa shape index (κ1) is 17.2. The molecule has 5 nitrogen and oxygen atoms in total. The molecule has 0 saturated carbocycles. The summed E-state index contributed by atoms with van der Waals surface area (Å²) in [4.78, 5) is 12.2. The van der Waals surface area contributed by atoms with Crippen molar-refractivity contribution < 1.29 is 13.2 Å². The molecule has 3 aromatic rings. The van der Waals surface area contributed by atoms with Crippen LogP contribution in [0.4, 0.5) is 18.9 Å². The molecule has 28 heavy (non-hydrogen) atoms. The molecule has 0 spiro atoms. The van der Waals surface area contributed by atoms with Gasteiger partial charge in [0.2, 0.25) is 0 Å². The van der Waals surface area contributed by atoms with E-state index in [0.717, 1.165) is 31.5 Å². The van der Waals surface area contributed by atoms with E-state index in [9.17, 15) is 18.0 Å². The van der Waals surface area contributed by atoms with Crippen molar-refractivity contribution in [2.45, 2.75) is 30.8 Å².